The molecule has 3 rings (SSSR count). The number of ether oxygens (including phenoxy) is 1. The van der Waals surface area contributed by atoms with E-state index in [4.69, 9.17) is 4.74 Å². The van der Waals surface area contributed by atoms with Gasteiger partial charge in [0.2, 0.25) is 5.91 Å². The SMILES string of the molecule is CCC(=O)Nc1nc(C)c(C(=O)NC(C)c2ccc(OC3CCNC3)cc2)s1. The summed E-state index contributed by atoms with van der Waals surface area (Å²) in [6.45, 7) is 7.34. The number of hydrogen-bond acceptors (Lipinski definition) is 6. The number of rotatable bonds is 7. The molecule has 150 valence electrons. The normalized spacial score (nSPS) is 17.2. The van der Waals surface area contributed by atoms with E-state index >= 15 is 0 Å². The fourth-order valence-corrected chi connectivity index (χ4v) is 3.86. The number of carbonyl (C=O) groups excluding carboxylic acids is 2. The highest BCUT2D eigenvalue weighted by molar-refractivity contribution is 7.17. The first-order chi connectivity index (χ1) is 13.5. The summed E-state index contributed by atoms with van der Waals surface area (Å²) in [5, 5.41) is 9.42. The summed E-state index contributed by atoms with van der Waals surface area (Å²) in [7, 11) is 0. The van der Waals surface area contributed by atoms with Gasteiger partial charge in [0.05, 0.1) is 11.7 Å². The Bertz CT molecular complexity index is 828. The highest BCUT2D eigenvalue weighted by Crippen LogP contribution is 2.24. The van der Waals surface area contributed by atoms with Crippen molar-refractivity contribution in [1.82, 2.24) is 15.6 Å². The second-order valence-corrected chi connectivity index (χ2v) is 7.83. The van der Waals surface area contributed by atoms with E-state index in [2.05, 4.69) is 20.9 Å². The van der Waals surface area contributed by atoms with E-state index in [1.54, 1.807) is 13.8 Å². The molecule has 1 aromatic carbocycles. The monoisotopic (exact) mass is 402 g/mol. The van der Waals surface area contributed by atoms with Crippen LogP contribution in [0.15, 0.2) is 24.3 Å². The molecule has 0 radical (unpaired) electrons. The fourth-order valence-electron chi connectivity index (χ4n) is 2.97. The Morgan fingerprint density at radius 1 is 1.36 bits per heavy atom. The summed E-state index contributed by atoms with van der Waals surface area (Å²) >= 11 is 1.19. The van der Waals surface area contributed by atoms with Crippen LogP contribution in [-0.4, -0.2) is 36.0 Å². The standard InChI is InChI=1S/C20H26N4O3S/c1-4-17(25)24-20-23-13(3)18(28-20)19(26)22-12(2)14-5-7-15(8-6-14)27-16-9-10-21-11-16/h5-8,12,16,21H,4,9-11H2,1-3H3,(H,22,26)(H,23,24,25). The van der Waals surface area contributed by atoms with Crippen LogP contribution < -0.4 is 20.7 Å². The lowest BCUT2D eigenvalue weighted by Crippen LogP contribution is -2.26. The van der Waals surface area contributed by atoms with Gasteiger partial charge < -0.3 is 20.7 Å². The average molecular weight is 403 g/mol. The van der Waals surface area contributed by atoms with E-state index in [0.717, 1.165) is 30.8 Å². The van der Waals surface area contributed by atoms with Crippen LogP contribution in [0.25, 0.3) is 0 Å². The number of anilines is 1. The van der Waals surface area contributed by atoms with Gasteiger partial charge >= 0.3 is 0 Å². The number of hydrogen-bond donors (Lipinski definition) is 3. The quantitative estimate of drug-likeness (QED) is 0.662. The molecule has 0 aliphatic carbocycles. The largest absolute Gasteiger partial charge is 0.489 e. The molecule has 2 atom stereocenters. The van der Waals surface area contributed by atoms with E-state index < -0.39 is 0 Å². The molecule has 1 saturated heterocycles. The van der Waals surface area contributed by atoms with Gasteiger partial charge in [0.25, 0.3) is 5.91 Å². The Balaban J connectivity index is 1.60. The van der Waals surface area contributed by atoms with Crippen LogP contribution in [0.2, 0.25) is 0 Å². The Hall–Kier alpha value is -2.45. The topological polar surface area (TPSA) is 92.4 Å². The Morgan fingerprint density at radius 3 is 2.75 bits per heavy atom. The number of aryl methyl sites for hydroxylation is 1. The van der Waals surface area contributed by atoms with E-state index in [9.17, 15) is 9.59 Å². The first kappa shape index (κ1) is 20.3. The first-order valence-corrected chi connectivity index (χ1v) is 10.3. The minimum Gasteiger partial charge on any atom is -0.489 e. The van der Waals surface area contributed by atoms with Crippen LogP contribution in [0.5, 0.6) is 5.75 Å². The maximum absolute atomic E-state index is 12.6. The molecule has 2 heterocycles. The van der Waals surface area contributed by atoms with E-state index in [1.807, 2.05) is 31.2 Å². The second kappa shape index (κ2) is 9.16. The van der Waals surface area contributed by atoms with E-state index in [-0.39, 0.29) is 24.0 Å². The maximum Gasteiger partial charge on any atom is 0.263 e. The van der Waals surface area contributed by atoms with Gasteiger partial charge in [0.15, 0.2) is 5.13 Å². The maximum atomic E-state index is 12.6. The smallest absolute Gasteiger partial charge is 0.263 e. The van der Waals surface area contributed by atoms with Gasteiger partial charge in [0, 0.05) is 13.0 Å². The molecule has 1 aliphatic rings. The molecule has 1 aromatic heterocycles. The lowest BCUT2D eigenvalue weighted by molar-refractivity contribution is -0.115. The third-order valence-corrected chi connectivity index (χ3v) is 5.69. The lowest BCUT2D eigenvalue weighted by atomic mass is 10.1. The molecular weight excluding hydrogens is 376 g/mol. The molecule has 0 bridgehead atoms. The highest BCUT2D eigenvalue weighted by Gasteiger charge is 2.19. The van der Waals surface area contributed by atoms with Crippen molar-refractivity contribution < 1.29 is 14.3 Å². The van der Waals surface area contributed by atoms with Gasteiger partial charge in [-0.05, 0) is 44.5 Å². The van der Waals surface area contributed by atoms with Gasteiger partial charge in [-0.2, -0.15) is 0 Å². The van der Waals surface area contributed by atoms with Crippen molar-refractivity contribution in [2.24, 2.45) is 0 Å². The van der Waals surface area contributed by atoms with Crippen molar-refractivity contribution in [1.29, 1.82) is 0 Å². The number of nitrogens with zero attached hydrogens (tertiary/aromatic N) is 1. The minimum absolute atomic E-state index is 0.121. The van der Waals surface area contributed by atoms with Crippen molar-refractivity contribution in [3.63, 3.8) is 0 Å². The third kappa shape index (κ3) is 5.08. The zero-order valence-corrected chi connectivity index (χ0v) is 17.2. The molecule has 3 N–H and O–H groups in total. The summed E-state index contributed by atoms with van der Waals surface area (Å²) in [6.07, 6.45) is 1.61. The van der Waals surface area contributed by atoms with Crippen LogP contribution in [0.1, 0.15) is 53.7 Å². The first-order valence-electron chi connectivity index (χ1n) is 9.51. The third-order valence-electron chi connectivity index (χ3n) is 4.62. The number of aromatic nitrogens is 1. The molecule has 0 spiro atoms. The van der Waals surface area contributed by atoms with Crippen LogP contribution in [-0.2, 0) is 4.79 Å². The molecule has 0 saturated carbocycles. The van der Waals surface area contributed by atoms with Crippen molar-refractivity contribution >= 4 is 28.3 Å². The highest BCUT2D eigenvalue weighted by atomic mass is 32.1. The Kier molecular flexibility index (Phi) is 6.64. The number of thiazole rings is 1. The summed E-state index contributed by atoms with van der Waals surface area (Å²) in [5.74, 6) is 0.521. The Morgan fingerprint density at radius 2 is 2.11 bits per heavy atom. The molecular formula is C20H26N4O3S. The van der Waals surface area contributed by atoms with Crippen LogP contribution >= 0.6 is 11.3 Å². The van der Waals surface area contributed by atoms with Gasteiger partial charge in [-0.3, -0.25) is 9.59 Å². The van der Waals surface area contributed by atoms with Crippen LogP contribution in [0.4, 0.5) is 5.13 Å². The zero-order valence-electron chi connectivity index (χ0n) is 16.4. The molecule has 2 unspecified atom stereocenters. The summed E-state index contributed by atoms with van der Waals surface area (Å²) in [4.78, 5) is 28.9. The molecule has 8 heteroatoms. The number of amides is 2. The minimum atomic E-state index is -0.197. The molecule has 1 aliphatic heterocycles. The summed E-state index contributed by atoms with van der Waals surface area (Å²) < 4.78 is 5.93. The van der Waals surface area contributed by atoms with E-state index in [0.29, 0.717) is 22.1 Å². The number of carbonyl (C=O) groups is 2. The average Bonchev–Trinajstić information content (AvgIpc) is 3.31. The number of nitrogens with one attached hydrogen (secondary N) is 3. The molecule has 1 fully saturated rings. The van der Waals surface area contributed by atoms with Crippen molar-refractivity contribution in [2.45, 2.75) is 45.8 Å². The van der Waals surface area contributed by atoms with Crippen molar-refractivity contribution in [2.75, 3.05) is 18.4 Å². The van der Waals surface area contributed by atoms with Gasteiger partial charge in [-0.25, -0.2) is 4.98 Å². The number of benzene rings is 1. The van der Waals surface area contributed by atoms with Crippen LogP contribution in [0.3, 0.4) is 0 Å². The molecule has 2 amide bonds. The van der Waals surface area contributed by atoms with Crippen molar-refractivity contribution in [3.05, 3.63) is 40.4 Å². The Labute approximate surface area is 168 Å². The summed E-state index contributed by atoms with van der Waals surface area (Å²) in [6, 6.07) is 7.65. The predicted octanol–water partition coefficient (Wildman–Crippen LogP) is 3.03. The van der Waals surface area contributed by atoms with Gasteiger partial charge in [-0.15, -0.1) is 0 Å². The predicted molar refractivity (Wildman–Crippen MR) is 110 cm³/mol. The molecule has 7 nitrogen and oxygen atoms in total. The fraction of sp³-hybridized carbons (Fsp3) is 0.450. The van der Waals surface area contributed by atoms with Crippen molar-refractivity contribution in [3.8, 4) is 5.75 Å². The molecule has 2 aromatic rings. The molecule has 28 heavy (non-hydrogen) atoms. The summed E-state index contributed by atoms with van der Waals surface area (Å²) in [5.41, 5.74) is 1.60. The van der Waals surface area contributed by atoms with Gasteiger partial charge in [0.1, 0.15) is 16.7 Å². The lowest BCUT2D eigenvalue weighted by Gasteiger charge is -2.16. The van der Waals surface area contributed by atoms with E-state index in [1.165, 1.54) is 11.3 Å². The van der Waals surface area contributed by atoms with Crippen LogP contribution in [0, 0.1) is 6.92 Å². The second-order valence-electron chi connectivity index (χ2n) is 6.83. The zero-order chi connectivity index (χ0) is 20.1. The van der Waals surface area contributed by atoms with Gasteiger partial charge in [-0.1, -0.05) is 30.4 Å².